The number of likely N-dealkylation sites (tertiary alicyclic amines) is 1. The Hall–Kier alpha value is -2.05. The number of aromatic nitrogens is 2. The Morgan fingerprint density at radius 2 is 2.18 bits per heavy atom. The summed E-state index contributed by atoms with van der Waals surface area (Å²) in [6.45, 7) is 1.55. The number of anilines is 1. The van der Waals surface area contributed by atoms with Gasteiger partial charge in [0.2, 0.25) is 0 Å². The third kappa shape index (κ3) is 2.22. The maximum Gasteiger partial charge on any atom is 0.323 e. The first-order valence-electron chi connectivity index (χ1n) is 5.52. The van der Waals surface area contributed by atoms with Crippen LogP contribution in [-0.2, 0) is 7.05 Å². The van der Waals surface area contributed by atoms with Crippen LogP contribution in [-0.4, -0.2) is 39.6 Å². The number of hydrogen-bond acceptors (Lipinski definition) is 3. The first-order valence-corrected chi connectivity index (χ1v) is 5.52. The standard InChI is InChI=1S/C10H16N6O/c1-15-9(7(6-13-15)8(11)12)14-10(17)16-4-2-3-5-16/h6H,2-5H2,1H3,(H3,11,12)(H,14,17). The Morgan fingerprint density at radius 1 is 1.53 bits per heavy atom. The molecule has 0 aliphatic carbocycles. The van der Waals surface area contributed by atoms with Crippen LogP contribution in [0.1, 0.15) is 18.4 Å². The lowest BCUT2D eigenvalue weighted by Gasteiger charge is -2.16. The van der Waals surface area contributed by atoms with Crippen molar-refractivity contribution in [3.63, 3.8) is 0 Å². The van der Waals surface area contributed by atoms with Gasteiger partial charge >= 0.3 is 6.03 Å². The van der Waals surface area contributed by atoms with Crippen molar-refractivity contribution in [3.05, 3.63) is 11.8 Å². The lowest BCUT2D eigenvalue weighted by molar-refractivity contribution is 0.222. The Morgan fingerprint density at radius 3 is 2.76 bits per heavy atom. The van der Waals surface area contributed by atoms with Gasteiger partial charge in [-0.25, -0.2) is 4.79 Å². The molecule has 4 N–H and O–H groups in total. The molecule has 0 saturated carbocycles. The molecular weight excluding hydrogens is 220 g/mol. The van der Waals surface area contributed by atoms with Gasteiger partial charge in [0, 0.05) is 20.1 Å². The molecule has 1 fully saturated rings. The van der Waals surface area contributed by atoms with Crippen molar-refractivity contribution in [1.82, 2.24) is 14.7 Å². The second-order valence-corrected chi connectivity index (χ2v) is 4.07. The van der Waals surface area contributed by atoms with E-state index in [0.29, 0.717) is 11.4 Å². The number of amides is 2. The van der Waals surface area contributed by atoms with Crippen molar-refractivity contribution in [2.45, 2.75) is 12.8 Å². The van der Waals surface area contributed by atoms with Gasteiger partial charge in [-0.3, -0.25) is 15.4 Å². The van der Waals surface area contributed by atoms with Gasteiger partial charge in [0.05, 0.1) is 11.8 Å². The second kappa shape index (κ2) is 4.44. The molecule has 0 radical (unpaired) electrons. The van der Waals surface area contributed by atoms with Gasteiger partial charge in [0.25, 0.3) is 0 Å². The van der Waals surface area contributed by atoms with E-state index in [0.717, 1.165) is 25.9 Å². The Balaban J connectivity index is 2.14. The number of nitrogen functional groups attached to an aromatic ring is 1. The van der Waals surface area contributed by atoms with Crippen LogP contribution in [0.4, 0.5) is 10.6 Å². The van der Waals surface area contributed by atoms with E-state index in [1.807, 2.05) is 0 Å². The van der Waals surface area contributed by atoms with Crippen molar-refractivity contribution >= 4 is 17.7 Å². The Bertz CT molecular complexity index is 446. The summed E-state index contributed by atoms with van der Waals surface area (Å²) >= 11 is 0. The van der Waals surface area contributed by atoms with Crippen LogP contribution in [0.3, 0.4) is 0 Å². The van der Waals surface area contributed by atoms with Crippen molar-refractivity contribution < 1.29 is 4.79 Å². The number of nitrogens with zero attached hydrogens (tertiary/aromatic N) is 3. The minimum absolute atomic E-state index is 0.102. The van der Waals surface area contributed by atoms with E-state index in [4.69, 9.17) is 11.1 Å². The highest BCUT2D eigenvalue weighted by molar-refractivity contribution is 6.02. The van der Waals surface area contributed by atoms with Crippen molar-refractivity contribution in [2.75, 3.05) is 18.4 Å². The molecule has 17 heavy (non-hydrogen) atoms. The average Bonchev–Trinajstić information content (AvgIpc) is 2.89. The van der Waals surface area contributed by atoms with E-state index >= 15 is 0 Å². The zero-order valence-electron chi connectivity index (χ0n) is 9.73. The SMILES string of the molecule is Cn1ncc(C(=N)N)c1NC(=O)N1CCCC1. The number of rotatable bonds is 2. The first-order chi connectivity index (χ1) is 8.09. The number of carbonyl (C=O) groups excluding carboxylic acids is 1. The fourth-order valence-corrected chi connectivity index (χ4v) is 1.88. The van der Waals surface area contributed by atoms with E-state index in [1.54, 1.807) is 11.9 Å². The smallest absolute Gasteiger partial charge is 0.323 e. The number of carbonyl (C=O) groups is 1. The minimum Gasteiger partial charge on any atom is -0.384 e. The molecule has 1 aromatic rings. The molecule has 0 bridgehead atoms. The summed E-state index contributed by atoms with van der Waals surface area (Å²) in [6.07, 6.45) is 3.55. The van der Waals surface area contributed by atoms with Gasteiger partial charge in [-0.2, -0.15) is 5.10 Å². The van der Waals surface area contributed by atoms with Crippen LogP contribution < -0.4 is 11.1 Å². The number of nitrogens with one attached hydrogen (secondary N) is 2. The Labute approximate surface area is 99.1 Å². The van der Waals surface area contributed by atoms with Crippen LogP contribution >= 0.6 is 0 Å². The molecule has 1 aliphatic rings. The summed E-state index contributed by atoms with van der Waals surface area (Å²) in [4.78, 5) is 13.6. The van der Waals surface area contributed by atoms with Gasteiger partial charge in [-0.1, -0.05) is 0 Å². The van der Waals surface area contributed by atoms with Crippen molar-refractivity contribution in [2.24, 2.45) is 12.8 Å². The van der Waals surface area contributed by atoms with E-state index in [-0.39, 0.29) is 11.9 Å². The monoisotopic (exact) mass is 236 g/mol. The average molecular weight is 236 g/mol. The molecule has 92 valence electrons. The third-order valence-corrected chi connectivity index (χ3v) is 2.85. The molecule has 2 amide bonds. The number of hydrogen-bond donors (Lipinski definition) is 3. The molecule has 1 aromatic heterocycles. The Kier molecular flexibility index (Phi) is 2.99. The molecular formula is C10H16N6O. The van der Waals surface area contributed by atoms with Crippen molar-refractivity contribution in [3.8, 4) is 0 Å². The third-order valence-electron chi connectivity index (χ3n) is 2.85. The van der Waals surface area contributed by atoms with E-state index in [2.05, 4.69) is 10.4 Å². The minimum atomic E-state index is -0.159. The molecule has 2 heterocycles. The quantitative estimate of drug-likeness (QED) is 0.509. The lowest BCUT2D eigenvalue weighted by atomic mass is 10.3. The highest BCUT2D eigenvalue weighted by Crippen LogP contribution is 2.15. The number of amidine groups is 1. The molecule has 2 rings (SSSR count). The summed E-state index contributed by atoms with van der Waals surface area (Å²) in [5.41, 5.74) is 5.87. The molecule has 1 saturated heterocycles. The van der Waals surface area contributed by atoms with Gasteiger partial charge in [-0.05, 0) is 12.8 Å². The largest absolute Gasteiger partial charge is 0.384 e. The summed E-state index contributed by atoms with van der Waals surface area (Å²) < 4.78 is 1.50. The van der Waals surface area contributed by atoms with Crippen LogP contribution in [0, 0.1) is 5.41 Å². The predicted octanol–water partition coefficient (Wildman–Crippen LogP) is 0.332. The topological polar surface area (TPSA) is 100 Å². The zero-order valence-corrected chi connectivity index (χ0v) is 9.73. The second-order valence-electron chi connectivity index (χ2n) is 4.07. The van der Waals surface area contributed by atoms with Gasteiger partial charge < -0.3 is 10.6 Å². The lowest BCUT2D eigenvalue weighted by Crippen LogP contribution is -2.33. The zero-order chi connectivity index (χ0) is 12.4. The molecule has 7 nitrogen and oxygen atoms in total. The predicted molar refractivity (Wildman–Crippen MR) is 64.0 cm³/mol. The normalized spacial score (nSPS) is 15.0. The molecule has 0 aromatic carbocycles. The molecule has 1 aliphatic heterocycles. The number of aryl methyl sites for hydroxylation is 1. The van der Waals surface area contributed by atoms with Crippen LogP contribution in [0.2, 0.25) is 0 Å². The highest BCUT2D eigenvalue weighted by atomic mass is 16.2. The first kappa shape index (κ1) is 11.4. The molecule has 0 unspecified atom stereocenters. The number of urea groups is 1. The summed E-state index contributed by atoms with van der Waals surface area (Å²) in [5, 5.41) is 14.1. The van der Waals surface area contributed by atoms with Crippen LogP contribution in [0.15, 0.2) is 6.20 Å². The molecule has 0 atom stereocenters. The fraction of sp³-hybridized carbons (Fsp3) is 0.500. The summed E-state index contributed by atoms with van der Waals surface area (Å²) in [5.74, 6) is 0.365. The number of nitrogens with two attached hydrogens (primary N) is 1. The highest BCUT2D eigenvalue weighted by Gasteiger charge is 2.20. The van der Waals surface area contributed by atoms with Gasteiger partial charge in [0.1, 0.15) is 11.7 Å². The van der Waals surface area contributed by atoms with Crippen LogP contribution in [0.25, 0.3) is 0 Å². The van der Waals surface area contributed by atoms with E-state index in [1.165, 1.54) is 10.9 Å². The van der Waals surface area contributed by atoms with Gasteiger partial charge in [0.15, 0.2) is 0 Å². The summed E-state index contributed by atoms with van der Waals surface area (Å²) in [6, 6.07) is -0.159. The fourth-order valence-electron chi connectivity index (χ4n) is 1.88. The van der Waals surface area contributed by atoms with E-state index < -0.39 is 0 Å². The maximum absolute atomic E-state index is 11.9. The molecule has 0 spiro atoms. The van der Waals surface area contributed by atoms with E-state index in [9.17, 15) is 4.79 Å². The van der Waals surface area contributed by atoms with Crippen molar-refractivity contribution in [1.29, 1.82) is 5.41 Å². The van der Waals surface area contributed by atoms with Gasteiger partial charge in [-0.15, -0.1) is 0 Å². The summed E-state index contributed by atoms with van der Waals surface area (Å²) in [7, 11) is 1.70. The molecule has 7 heteroatoms. The van der Waals surface area contributed by atoms with Crippen LogP contribution in [0.5, 0.6) is 0 Å². The maximum atomic E-state index is 11.9.